The fraction of sp³-hybridized carbons (Fsp3) is 0.750. The Labute approximate surface area is 127 Å². The van der Waals surface area contributed by atoms with E-state index in [-0.39, 0.29) is 0 Å². The van der Waals surface area contributed by atoms with Crippen molar-refractivity contribution in [1.29, 1.82) is 0 Å². The summed E-state index contributed by atoms with van der Waals surface area (Å²) in [7, 11) is 0. The molecule has 110 valence electrons. The van der Waals surface area contributed by atoms with Crippen LogP contribution in [0.2, 0.25) is 4.34 Å². The highest BCUT2D eigenvalue weighted by Gasteiger charge is 2.19. The number of hydrogen-bond acceptors (Lipinski definition) is 2. The van der Waals surface area contributed by atoms with E-state index in [2.05, 4.69) is 46.0 Å². The van der Waals surface area contributed by atoms with E-state index in [1.165, 1.54) is 17.7 Å². The lowest BCUT2D eigenvalue weighted by atomic mass is 9.82. The van der Waals surface area contributed by atoms with Crippen molar-refractivity contribution in [3.63, 3.8) is 0 Å². The third-order valence-corrected chi connectivity index (χ3v) is 4.47. The van der Waals surface area contributed by atoms with Crippen LogP contribution >= 0.6 is 22.9 Å². The minimum absolute atomic E-state index is 0.419. The number of thiophene rings is 1. The molecule has 0 amide bonds. The largest absolute Gasteiger partial charge is 0.314 e. The minimum Gasteiger partial charge on any atom is -0.314 e. The topological polar surface area (TPSA) is 12.0 Å². The Morgan fingerprint density at radius 2 is 2.00 bits per heavy atom. The fourth-order valence-corrected chi connectivity index (χ4v) is 4.01. The molecule has 2 atom stereocenters. The molecule has 0 aliphatic rings. The standard InChI is InChI=1S/C16H28ClNS/c1-6-18-13(9-12(2)11-16(3,4)5)10-14-7-8-15(17)19-14/h7-8,12-13,18H,6,9-11H2,1-5H3. The van der Waals surface area contributed by atoms with Crippen LogP contribution in [0.25, 0.3) is 0 Å². The zero-order valence-electron chi connectivity index (χ0n) is 12.9. The van der Waals surface area contributed by atoms with Gasteiger partial charge in [-0.25, -0.2) is 0 Å². The lowest BCUT2D eigenvalue weighted by Crippen LogP contribution is -2.33. The van der Waals surface area contributed by atoms with Crippen molar-refractivity contribution >= 4 is 22.9 Å². The highest BCUT2D eigenvalue weighted by Crippen LogP contribution is 2.28. The summed E-state index contributed by atoms with van der Waals surface area (Å²) in [5.74, 6) is 0.750. The van der Waals surface area contributed by atoms with Gasteiger partial charge in [0.2, 0.25) is 0 Å². The minimum atomic E-state index is 0.419. The third-order valence-electron chi connectivity index (χ3n) is 3.22. The highest BCUT2D eigenvalue weighted by atomic mass is 35.5. The van der Waals surface area contributed by atoms with Gasteiger partial charge in [0.25, 0.3) is 0 Å². The molecule has 0 fully saturated rings. The van der Waals surface area contributed by atoms with Crippen molar-refractivity contribution in [1.82, 2.24) is 5.32 Å². The molecule has 1 N–H and O–H groups in total. The van der Waals surface area contributed by atoms with Crippen molar-refractivity contribution in [2.75, 3.05) is 6.54 Å². The number of hydrogen-bond donors (Lipinski definition) is 1. The van der Waals surface area contributed by atoms with Crippen molar-refractivity contribution in [3.8, 4) is 0 Å². The van der Waals surface area contributed by atoms with E-state index in [9.17, 15) is 0 Å². The van der Waals surface area contributed by atoms with Gasteiger partial charge in [-0.05, 0) is 49.3 Å². The van der Waals surface area contributed by atoms with Crippen LogP contribution in [0.3, 0.4) is 0 Å². The molecule has 2 unspecified atom stereocenters. The third kappa shape index (κ3) is 7.34. The van der Waals surface area contributed by atoms with Crippen molar-refractivity contribution in [2.45, 2.75) is 59.9 Å². The summed E-state index contributed by atoms with van der Waals surface area (Å²) in [5, 5.41) is 3.62. The fourth-order valence-electron chi connectivity index (χ4n) is 2.85. The summed E-state index contributed by atoms with van der Waals surface area (Å²) in [6.45, 7) is 12.6. The van der Waals surface area contributed by atoms with Gasteiger partial charge in [0, 0.05) is 10.9 Å². The quantitative estimate of drug-likeness (QED) is 0.712. The predicted octanol–water partition coefficient (Wildman–Crippen LogP) is 5.38. The maximum absolute atomic E-state index is 6.01. The van der Waals surface area contributed by atoms with Crippen LogP contribution in [0.5, 0.6) is 0 Å². The first kappa shape index (κ1) is 17.0. The molecule has 0 aliphatic heterocycles. The van der Waals surface area contributed by atoms with E-state index in [1.807, 2.05) is 6.07 Å². The van der Waals surface area contributed by atoms with Crippen LogP contribution in [0.1, 0.15) is 52.3 Å². The van der Waals surface area contributed by atoms with E-state index in [0.29, 0.717) is 11.5 Å². The summed E-state index contributed by atoms with van der Waals surface area (Å²) >= 11 is 7.72. The number of nitrogens with one attached hydrogen (secondary N) is 1. The Balaban J connectivity index is 2.52. The molecule has 0 bridgehead atoms. The second kappa shape index (κ2) is 7.66. The van der Waals surface area contributed by atoms with Gasteiger partial charge in [-0.15, -0.1) is 11.3 Å². The molecule has 19 heavy (non-hydrogen) atoms. The number of likely N-dealkylation sites (N-methyl/N-ethyl adjacent to an activating group) is 1. The van der Waals surface area contributed by atoms with Gasteiger partial charge in [-0.1, -0.05) is 46.2 Å². The molecule has 0 aliphatic carbocycles. The maximum atomic E-state index is 6.01. The Bertz CT molecular complexity index is 367. The van der Waals surface area contributed by atoms with Crippen LogP contribution in [-0.2, 0) is 6.42 Å². The summed E-state index contributed by atoms with van der Waals surface area (Å²) < 4.78 is 0.896. The molecule has 1 aromatic rings. The van der Waals surface area contributed by atoms with E-state index in [1.54, 1.807) is 11.3 Å². The first-order valence-corrected chi connectivity index (χ1v) is 8.47. The molecule has 0 spiro atoms. The smallest absolute Gasteiger partial charge is 0.0931 e. The van der Waals surface area contributed by atoms with Gasteiger partial charge >= 0.3 is 0 Å². The summed E-state index contributed by atoms with van der Waals surface area (Å²) in [6.07, 6.45) is 3.61. The first-order valence-electron chi connectivity index (χ1n) is 7.27. The summed E-state index contributed by atoms with van der Waals surface area (Å²) in [5.41, 5.74) is 0.419. The Hall–Kier alpha value is -0.0500. The lowest BCUT2D eigenvalue weighted by Gasteiger charge is -2.27. The predicted molar refractivity (Wildman–Crippen MR) is 88.4 cm³/mol. The van der Waals surface area contributed by atoms with Gasteiger partial charge in [0.05, 0.1) is 4.34 Å². The molecule has 1 aromatic heterocycles. The van der Waals surface area contributed by atoms with Gasteiger partial charge in [0.15, 0.2) is 0 Å². The molecule has 3 heteroatoms. The van der Waals surface area contributed by atoms with Gasteiger partial charge in [-0.2, -0.15) is 0 Å². The molecule has 0 aromatic carbocycles. The molecule has 1 nitrogen and oxygen atoms in total. The zero-order valence-corrected chi connectivity index (χ0v) is 14.5. The summed E-state index contributed by atoms with van der Waals surface area (Å²) in [4.78, 5) is 1.39. The molecule has 0 saturated carbocycles. The molecular weight excluding hydrogens is 274 g/mol. The van der Waals surface area contributed by atoms with Crippen LogP contribution in [-0.4, -0.2) is 12.6 Å². The van der Waals surface area contributed by atoms with Gasteiger partial charge < -0.3 is 5.32 Å². The van der Waals surface area contributed by atoms with Crippen molar-refractivity contribution in [3.05, 3.63) is 21.3 Å². The van der Waals surface area contributed by atoms with Crippen LogP contribution < -0.4 is 5.32 Å². The molecule has 0 saturated heterocycles. The normalized spacial score (nSPS) is 15.5. The molecule has 0 radical (unpaired) electrons. The number of rotatable bonds is 7. The number of halogens is 1. The van der Waals surface area contributed by atoms with E-state index < -0.39 is 0 Å². The van der Waals surface area contributed by atoms with E-state index in [0.717, 1.165) is 23.2 Å². The molecular formula is C16H28ClNS. The molecule has 1 rings (SSSR count). The van der Waals surface area contributed by atoms with Gasteiger partial charge in [0.1, 0.15) is 0 Å². The Morgan fingerprint density at radius 3 is 2.47 bits per heavy atom. The van der Waals surface area contributed by atoms with Crippen LogP contribution in [0.15, 0.2) is 12.1 Å². The monoisotopic (exact) mass is 301 g/mol. The van der Waals surface area contributed by atoms with Crippen molar-refractivity contribution < 1.29 is 0 Å². The average molecular weight is 302 g/mol. The van der Waals surface area contributed by atoms with E-state index in [4.69, 9.17) is 11.6 Å². The second-order valence-corrected chi connectivity index (χ2v) is 8.57. The van der Waals surface area contributed by atoms with Gasteiger partial charge in [-0.3, -0.25) is 0 Å². The van der Waals surface area contributed by atoms with Crippen LogP contribution in [0, 0.1) is 11.3 Å². The summed E-state index contributed by atoms with van der Waals surface area (Å²) in [6, 6.07) is 4.73. The maximum Gasteiger partial charge on any atom is 0.0931 e. The zero-order chi connectivity index (χ0) is 14.5. The van der Waals surface area contributed by atoms with E-state index >= 15 is 0 Å². The molecule has 1 heterocycles. The SMILES string of the molecule is CCNC(Cc1ccc(Cl)s1)CC(C)CC(C)(C)C. The second-order valence-electron chi connectivity index (χ2n) is 6.77. The Kier molecular flexibility index (Phi) is 6.85. The lowest BCUT2D eigenvalue weighted by molar-refractivity contribution is 0.275. The van der Waals surface area contributed by atoms with Crippen molar-refractivity contribution in [2.24, 2.45) is 11.3 Å². The first-order chi connectivity index (χ1) is 8.80. The average Bonchev–Trinajstić information content (AvgIpc) is 2.61. The van der Waals surface area contributed by atoms with Crippen LogP contribution in [0.4, 0.5) is 0 Å². The highest BCUT2D eigenvalue weighted by molar-refractivity contribution is 7.16. The Morgan fingerprint density at radius 1 is 1.32 bits per heavy atom.